The predicted octanol–water partition coefficient (Wildman–Crippen LogP) is 4.18. The Bertz CT molecular complexity index is 917. The number of ether oxygens (including phenoxy) is 1. The van der Waals surface area contributed by atoms with Gasteiger partial charge in [0.15, 0.2) is 0 Å². The van der Waals surface area contributed by atoms with Crippen molar-refractivity contribution in [2.45, 2.75) is 24.3 Å². The van der Waals surface area contributed by atoms with E-state index in [1.807, 2.05) is 43.3 Å². The largest absolute Gasteiger partial charge is 0.377 e. The maximum Gasteiger partial charge on any atom is 0.264 e. The number of anilines is 1. The summed E-state index contributed by atoms with van der Waals surface area (Å²) in [5.74, 6) is 0. The summed E-state index contributed by atoms with van der Waals surface area (Å²) in [6.07, 6.45) is 2.21. The van der Waals surface area contributed by atoms with E-state index < -0.39 is 10.0 Å². The van der Waals surface area contributed by atoms with E-state index in [1.165, 1.54) is 4.31 Å². The summed E-state index contributed by atoms with van der Waals surface area (Å²) in [7, 11) is -3.70. The zero-order valence-corrected chi connectivity index (χ0v) is 15.7. The van der Waals surface area contributed by atoms with E-state index in [-0.39, 0.29) is 10.9 Å². The monoisotopic (exact) mass is 369 g/mol. The van der Waals surface area contributed by atoms with Gasteiger partial charge in [0.05, 0.1) is 23.2 Å². The van der Waals surface area contributed by atoms with Gasteiger partial charge in [-0.05, 0) is 37.1 Å². The van der Waals surface area contributed by atoms with Crippen molar-refractivity contribution in [3.63, 3.8) is 0 Å². The van der Waals surface area contributed by atoms with Crippen molar-refractivity contribution in [1.29, 1.82) is 0 Å². The molecule has 2 aromatic carbocycles. The summed E-state index contributed by atoms with van der Waals surface area (Å²) >= 11 is 0. The van der Waals surface area contributed by atoms with E-state index in [1.54, 1.807) is 18.2 Å². The molecule has 0 amide bonds. The van der Waals surface area contributed by atoms with Gasteiger partial charge in [-0.1, -0.05) is 48.6 Å². The second-order valence-electron chi connectivity index (χ2n) is 6.32. The first-order valence-electron chi connectivity index (χ1n) is 8.54. The van der Waals surface area contributed by atoms with Crippen LogP contribution in [-0.2, 0) is 14.8 Å². The van der Waals surface area contributed by atoms with Crippen LogP contribution in [0.1, 0.15) is 17.5 Å². The summed E-state index contributed by atoms with van der Waals surface area (Å²) in [4.78, 5) is 0.282. The Hall–Kier alpha value is -2.37. The summed E-state index contributed by atoms with van der Waals surface area (Å²) in [6.45, 7) is 10.6. The fourth-order valence-electron chi connectivity index (χ4n) is 3.20. The molecule has 136 valence electrons. The molecular weight excluding hydrogens is 346 g/mol. The van der Waals surface area contributed by atoms with Gasteiger partial charge in [-0.15, -0.1) is 6.58 Å². The maximum absolute atomic E-state index is 13.4. The third-order valence-corrected chi connectivity index (χ3v) is 6.36. The molecule has 0 fully saturated rings. The van der Waals surface area contributed by atoms with Crippen LogP contribution >= 0.6 is 0 Å². The lowest BCUT2D eigenvalue weighted by molar-refractivity contribution is 0.158. The molecule has 0 unspecified atom stereocenters. The Morgan fingerprint density at radius 1 is 1.15 bits per heavy atom. The van der Waals surface area contributed by atoms with Gasteiger partial charge in [-0.2, -0.15) is 0 Å². The van der Waals surface area contributed by atoms with Crippen molar-refractivity contribution >= 4 is 21.3 Å². The van der Waals surface area contributed by atoms with Crippen LogP contribution in [0.25, 0.3) is 5.57 Å². The first kappa shape index (κ1) is 18.4. The molecule has 0 aromatic heterocycles. The zero-order chi connectivity index (χ0) is 18.7. The van der Waals surface area contributed by atoms with E-state index >= 15 is 0 Å². The molecule has 0 saturated carbocycles. The molecule has 1 atom stereocenters. The lowest BCUT2D eigenvalue weighted by Gasteiger charge is -2.27. The molecule has 0 aliphatic carbocycles. The Labute approximate surface area is 155 Å². The number of sulfonamides is 1. The highest BCUT2D eigenvalue weighted by molar-refractivity contribution is 7.93. The van der Waals surface area contributed by atoms with Crippen LogP contribution in [0.15, 0.2) is 72.7 Å². The smallest absolute Gasteiger partial charge is 0.264 e. The molecule has 0 saturated heterocycles. The van der Waals surface area contributed by atoms with Gasteiger partial charge < -0.3 is 4.74 Å². The molecule has 0 radical (unpaired) electrons. The number of benzene rings is 2. The maximum atomic E-state index is 13.4. The normalized spacial score (nSPS) is 16.6. The van der Waals surface area contributed by atoms with Gasteiger partial charge in [0.1, 0.15) is 0 Å². The summed E-state index contributed by atoms with van der Waals surface area (Å²) in [5.41, 5.74) is 3.37. The number of hydrogen-bond acceptors (Lipinski definition) is 3. The Morgan fingerprint density at radius 3 is 2.54 bits per heavy atom. The van der Waals surface area contributed by atoms with Gasteiger partial charge in [-0.25, -0.2) is 8.42 Å². The van der Waals surface area contributed by atoms with Crippen molar-refractivity contribution in [3.8, 4) is 0 Å². The molecule has 5 heteroatoms. The molecular formula is C21H23NO3S. The average Bonchev–Trinajstić information content (AvgIpc) is 2.92. The third-order valence-electron chi connectivity index (χ3n) is 4.52. The number of nitrogens with zero attached hydrogens (tertiary/aromatic N) is 1. The van der Waals surface area contributed by atoms with Crippen LogP contribution in [0, 0.1) is 6.92 Å². The van der Waals surface area contributed by atoms with Crippen molar-refractivity contribution in [2.75, 3.05) is 17.5 Å². The van der Waals surface area contributed by atoms with Crippen molar-refractivity contribution in [2.24, 2.45) is 0 Å². The van der Waals surface area contributed by atoms with Crippen molar-refractivity contribution in [1.82, 2.24) is 0 Å². The van der Waals surface area contributed by atoms with Gasteiger partial charge in [0.2, 0.25) is 0 Å². The minimum absolute atomic E-state index is 0.282. The number of rotatable bonds is 7. The minimum Gasteiger partial charge on any atom is -0.377 e. The van der Waals surface area contributed by atoms with Gasteiger partial charge >= 0.3 is 0 Å². The lowest BCUT2D eigenvalue weighted by Crippen LogP contribution is -2.38. The Morgan fingerprint density at radius 2 is 1.85 bits per heavy atom. The van der Waals surface area contributed by atoms with Crippen LogP contribution in [0.3, 0.4) is 0 Å². The molecule has 3 rings (SSSR count). The molecule has 1 aliphatic heterocycles. The second-order valence-corrected chi connectivity index (χ2v) is 8.14. The van der Waals surface area contributed by atoms with Crippen molar-refractivity contribution < 1.29 is 13.2 Å². The number of hydrogen-bond donors (Lipinski definition) is 0. The first-order chi connectivity index (χ1) is 12.5. The van der Waals surface area contributed by atoms with Crippen LogP contribution in [-0.4, -0.2) is 27.7 Å². The highest BCUT2D eigenvalue weighted by Crippen LogP contribution is 2.43. The predicted molar refractivity (Wildman–Crippen MR) is 106 cm³/mol. The molecule has 2 aromatic rings. The fraction of sp³-hybridized carbons (Fsp3) is 0.238. The SMILES string of the molecule is C=CCOCC[C@@H]1C(=C)c2ccccc2N1S(=O)(=O)c1ccc(C)cc1. The van der Waals surface area contributed by atoms with Gasteiger partial charge in [0, 0.05) is 12.2 Å². The fourth-order valence-corrected chi connectivity index (χ4v) is 4.89. The molecule has 0 N–H and O–H groups in total. The topological polar surface area (TPSA) is 46.6 Å². The molecule has 26 heavy (non-hydrogen) atoms. The van der Waals surface area contributed by atoms with Crippen LogP contribution in [0.5, 0.6) is 0 Å². The van der Waals surface area contributed by atoms with Gasteiger partial charge in [0.25, 0.3) is 10.0 Å². The van der Waals surface area contributed by atoms with Crippen LogP contribution < -0.4 is 4.31 Å². The standard InChI is InChI=1S/C21H23NO3S/c1-4-14-25-15-13-20-17(3)19-7-5-6-8-21(19)22(20)26(23,24)18-11-9-16(2)10-12-18/h4-12,20H,1,3,13-15H2,2H3/t20-/m1/s1. The highest BCUT2D eigenvalue weighted by atomic mass is 32.2. The number of fused-ring (bicyclic) bond motifs is 1. The lowest BCUT2D eigenvalue weighted by atomic mass is 10.0. The first-order valence-corrected chi connectivity index (χ1v) is 9.98. The average molecular weight is 369 g/mol. The Kier molecular flexibility index (Phi) is 5.30. The number of para-hydroxylation sites is 1. The summed E-state index contributed by atoms with van der Waals surface area (Å²) in [6, 6.07) is 14.1. The highest BCUT2D eigenvalue weighted by Gasteiger charge is 2.40. The van der Waals surface area contributed by atoms with E-state index in [0.717, 1.165) is 16.7 Å². The van der Waals surface area contributed by atoms with Crippen LogP contribution in [0.2, 0.25) is 0 Å². The molecule has 4 nitrogen and oxygen atoms in total. The molecule has 1 heterocycles. The molecule has 0 spiro atoms. The number of aryl methyl sites for hydroxylation is 1. The van der Waals surface area contributed by atoms with E-state index in [2.05, 4.69) is 13.2 Å². The summed E-state index contributed by atoms with van der Waals surface area (Å²) < 4.78 is 33.7. The van der Waals surface area contributed by atoms with E-state index in [0.29, 0.717) is 25.3 Å². The van der Waals surface area contributed by atoms with Crippen molar-refractivity contribution in [3.05, 3.63) is 78.9 Å². The molecule has 0 bridgehead atoms. The zero-order valence-electron chi connectivity index (χ0n) is 14.9. The van der Waals surface area contributed by atoms with Gasteiger partial charge in [-0.3, -0.25) is 4.31 Å². The van der Waals surface area contributed by atoms with Crippen LogP contribution in [0.4, 0.5) is 5.69 Å². The minimum atomic E-state index is -3.70. The summed E-state index contributed by atoms with van der Waals surface area (Å²) in [5, 5.41) is 0. The third kappa shape index (κ3) is 3.32. The quantitative estimate of drug-likeness (QED) is 0.543. The second kappa shape index (κ2) is 7.48. The van der Waals surface area contributed by atoms with E-state index in [4.69, 9.17) is 4.74 Å². The Balaban J connectivity index is 2.00. The molecule has 1 aliphatic rings. The van der Waals surface area contributed by atoms with E-state index in [9.17, 15) is 8.42 Å².